The molecule has 0 aliphatic rings. The van der Waals surface area contributed by atoms with Gasteiger partial charge in [0, 0.05) is 30.7 Å². The van der Waals surface area contributed by atoms with Gasteiger partial charge < -0.3 is 10.1 Å². The summed E-state index contributed by atoms with van der Waals surface area (Å²) in [5, 5.41) is 3.14. The van der Waals surface area contributed by atoms with Crippen LogP contribution < -0.4 is 14.8 Å². The van der Waals surface area contributed by atoms with E-state index in [-0.39, 0.29) is 5.69 Å². The first kappa shape index (κ1) is 21.4. The highest BCUT2D eigenvalue weighted by Crippen LogP contribution is 2.31. The number of hydrogen-bond acceptors (Lipinski definition) is 5. The molecule has 0 bridgehead atoms. The lowest BCUT2D eigenvalue weighted by Gasteiger charge is -2.12. The number of ether oxygens (including phenoxy) is 1. The third-order valence-electron chi connectivity index (χ3n) is 3.94. The van der Waals surface area contributed by atoms with Gasteiger partial charge in [-0.3, -0.25) is 9.71 Å². The van der Waals surface area contributed by atoms with Crippen LogP contribution in [0.1, 0.15) is 5.56 Å². The van der Waals surface area contributed by atoms with Crippen LogP contribution in [0, 0.1) is 0 Å². The molecule has 1 heterocycles. The zero-order valence-electron chi connectivity index (χ0n) is 15.6. The van der Waals surface area contributed by atoms with Gasteiger partial charge in [-0.05, 0) is 42.5 Å². The van der Waals surface area contributed by atoms with Crippen molar-refractivity contribution in [3.63, 3.8) is 0 Å². The van der Waals surface area contributed by atoms with E-state index in [2.05, 4.69) is 15.0 Å². The third-order valence-corrected chi connectivity index (χ3v) is 5.32. The highest BCUT2D eigenvalue weighted by molar-refractivity contribution is 7.92. The molecule has 2 aromatic carbocycles. The second-order valence-corrected chi connectivity index (χ2v) is 7.85. The lowest BCUT2D eigenvalue weighted by molar-refractivity contribution is -0.137. The lowest BCUT2D eigenvalue weighted by atomic mass is 10.2. The van der Waals surface area contributed by atoms with Crippen molar-refractivity contribution in [2.75, 3.05) is 23.2 Å². The molecule has 0 radical (unpaired) electrons. The standard InChI is InChI=1S/C20H18F3N3O3S/c21-20(22,23)15-3-1-6-19(13-15)30(27,28)26-17-4-2-5-18(14-17)29-12-11-25-16-7-9-24-10-8-16/h1-10,13-14,26H,11-12H2,(H,24,25). The molecule has 6 nitrogen and oxygen atoms in total. The molecule has 0 unspecified atom stereocenters. The first-order valence-electron chi connectivity index (χ1n) is 8.81. The number of benzene rings is 2. The normalized spacial score (nSPS) is 11.7. The largest absolute Gasteiger partial charge is 0.492 e. The van der Waals surface area contributed by atoms with Gasteiger partial charge in [0.2, 0.25) is 0 Å². The van der Waals surface area contributed by atoms with Crippen molar-refractivity contribution in [2.24, 2.45) is 0 Å². The molecular weight excluding hydrogens is 419 g/mol. The second kappa shape index (κ2) is 9.04. The van der Waals surface area contributed by atoms with E-state index in [9.17, 15) is 21.6 Å². The maximum absolute atomic E-state index is 12.9. The number of anilines is 2. The van der Waals surface area contributed by atoms with Crippen LogP contribution in [0.15, 0.2) is 78.0 Å². The smallest absolute Gasteiger partial charge is 0.416 e. The van der Waals surface area contributed by atoms with Gasteiger partial charge in [-0.2, -0.15) is 13.2 Å². The maximum atomic E-state index is 12.9. The first-order chi connectivity index (χ1) is 14.2. The van der Waals surface area contributed by atoms with Crippen LogP contribution in [-0.4, -0.2) is 26.6 Å². The summed E-state index contributed by atoms with van der Waals surface area (Å²) in [6.45, 7) is 0.816. The van der Waals surface area contributed by atoms with Gasteiger partial charge in [-0.1, -0.05) is 12.1 Å². The van der Waals surface area contributed by atoms with E-state index < -0.39 is 26.7 Å². The van der Waals surface area contributed by atoms with Crippen LogP contribution in [0.25, 0.3) is 0 Å². The Morgan fingerprint density at radius 3 is 2.40 bits per heavy atom. The fourth-order valence-corrected chi connectivity index (χ4v) is 3.63. The maximum Gasteiger partial charge on any atom is 0.416 e. The molecule has 0 aliphatic heterocycles. The average molecular weight is 437 g/mol. The van der Waals surface area contributed by atoms with Crippen molar-refractivity contribution >= 4 is 21.4 Å². The molecule has 0 spiro atoms. The molecule has 0 amide bonds. The Bertz CT molecular complexity index is 1090. The molecule has 0 saturated heterocycles. The Labute approximate surface area is 171 Å². The zero-order chi connectivity index (χ0) is 21.6. The van der Waals surface area contributed by atoms with Crippen LogP contribution in [0.3, 0.4) is 0 Å². The fourth-order valence-electron chi connectivity index (χ4n) is 2.54. The third kappa shape index (κ3) is 5.86. The van der Waals surface area contributed by atoms with Crippen molar-refractivity contribution in [2.45, 2.75) is 11.1 Å². The number of hydrogen-bond donors (Lipinski definition) is 2. The summed E-state index contributed by atoms with van der Waals surface area (Å²) >= 11 is 0. The Hall–Kier alpha value is -3.27. The van der Waals surface area contributed by atoms with Crippen LogP contribution >= 0.6 is 0 Å². The number of nitrogens with one attached hydrogen (secondary N) is 2. The van der Waals surface area contributed by atoms with Gasteiger partial charge in [0.1, 0.15) is 12.4 Å². The summed E-state index contributed by atoms with van der Waals surface area (Å²) in [4.78, 5) is 3.43. The van der Waals surface area contributed by atoms with Crippen molar-refractivity contribution in [1.29, 1.82) is 0 Å². The predicted molar refractivity (Wildman–Crippen MR) is 107 cm³/mol. The Morgan fingerprint density at radius 2 is 1.67 bits per heavy atom. The molecule has 10 heteroatoms. The number of nitrogens with zero attached hydrogens (tertiary/aromatic N) is 1. The summed E-state index contributed by atoms with van der Waals surface area (Å²) in [6.07, 6.45) is -1.32. The van der Waals surface area contributed by atoms with Crippen molar-refractivity contribution in [1.82, 2.24) is 4.98 Å². The highest BCUT2D eigenvalue weighted by Gasteiger charge is 2.31. The summed E-state index contributed by atoms with van der Waals surface area (Å²) in [5.41, 5.74) is 0.0207. The van der Waals surface area contributed by atoms with Gasteiger partial charge in [-0.25, -0.2) is 8.42 Å². The molecule has 158 valence electrons. The van der Waals surface area contributed by atoms with Gasteiger partial charge in [0.15, 0.2) is 0 Å². The highest BCUT2D eigenvalue weighted by atomic mass is 32.2. The second-order valence-electron chi connectivity index (χ2n) is 6.17. The van der Waals surface area contributed by atoms with E-state index in [0.717, 1.165) is 23.9 Å². The van der Waals surface area contributed by atoms with Gasteiger partial charge >= 0.3 is 6.18 Å². The number of aromatic nitrogens is 1. The number of alkyl halides is 3. The molecule has 0 aliphatic carbocycles. The first-order valence-corrected chi connectivity index (χ1v) is 10.3. The number of rotatable bonds is 8. The van der Waals surface area contributed by atoms with E-state index in [4.69, 9.17) is 4.74 Å². The molecule has 0 saturated carbocycles. The van der Waals surface area contributed by atoms with Gasteiger partial charge in [-0.15, -0.1) is 0 Å². The average Bonchev–Trinajstić information content (AvgIpc) is 2.71. The fraction of sp³-hybridized carbons (Fsp3) is 0.150. The molecule has 30 heavy (non-hydrogen) atoms. The van der Waals surface area contributed by atoms with Crippen LogP contribution in [-0.2, 0) is 16.2 Å². The minimum Gasteiger partial charge on any atom is -0.492 e. The SMILES string of the molecule is O=S(=O)(Nc1cccc(OCCNc2ccncc2)c1)c1cccc(C(F)(F)F)c1. The predicted octanol–water partition coefficient (Wildman–Crippen LogP) is 4.39. The minimum absolute atomic E-state index is 0.173. The Morgan fingerprint density at radius 1 is 0.933 bits per heavy atom. The topological polar surface area (TPSA) is 80.3 Å². The van der Waals surface area contributed by atoms with Crippen molar-refractivity contribution < 1.29 is 26.3 Å². The van der Waals surface area contributed by atoms with E-state index in [0.29, 0.717) is 25.0 Å². The van der Waals surface area contributed by atoms with E-state index in [1.165, 1.54) is 12.1 Å². The van der Waals surface area contributed by atoms with E-state index in [1.807, 2.05) is 12.1 Å². The summed E-state index contributed by atoms with van der Waals surface area (Å²) in [5.74, 6) is 0.413. The number of pyridine rings is 1. The van der Waals surface area contributed by atoms with E-state index >= 15 is 0 Å². The van der Waals surface area contributed by atoms with Gasteiger partial charge in [0.05, 0.1) is 16.1 Å². The monoisotopic (exact) mass is 437 g/mol. The van der Waals surface area contributed by atoms with Gasteiger partial charge in [0.25, 0.3) is 10.0 Å². The number of halogens is 3. The molecule has 1 aromatic heterocycles. The molecule has 0 atom stereocenters. The summed E-state index contributed by atoms with van der Waals surface area (Å²) in [6, 6.07) is 13.3. The molecule has 2 N–H and O–H groups in total. The van der Waals surface area contributed by atoms with Crippen molar-refractivity contribution in [3.8, 4) is 5.75 Å². The van der Waals surface area contributed by atoms with E-state index in [1.54, 1.807) is 24.5 Å². The zero-order valence-corrected chi connectivity index (χ0v) is 16.4. The van der Waals surface area contributed by atoms with Crippen LogP contribution in [0.4, 0.5) is 24.5 Å². The summed E-state index contributed by atoms with van der Waals surface area (Å²) in [7, 11) is -4.20. The summed E-state index contributed by atoms with van der Waals surface area (Å²) < 4.78 is 71.4. The Kier molecular flexibility index (Phi) is 6.46. The molecule has 0 fully saturated rings. The minimum atomic E-state index is -4.64. The van der Waals surface area contributed by atoms with Crippen LogP contribution in [0.2, 0.25) is 0 Å². The molecule has 3 aromatic rings. The molecule has 3 rings (SSSR count). The quantitative estimate of drug-likeness (QED) is 0.511. The molecular formula is C20H18F3N3O3S. The van der Waals surface area contributed by atoms with Crippen LogP contribution in [0.5, 0.6) is 5.75 Å². The number of sulfonamides is 1. The van der Waals surface area contributed by atoms with Crippen molar-refractivity contribution in [3.05, 3.63) is 78.6 Å². The lowest BCUT2D eigenvalue weighted by Crippen LogP contribution is -2.15. The Balaban J connectivity index is 1.63.